The molecule has 104 valence electrons. The smallest absolute Gasteiger partial charge is 0.175 e. The van der Waals surface area contributed by atoms with Crippen LogP contribution in [-0.2, 0) is 0 Å². The van der Waals surface area contributed by atoms with Gasteiger partial charge in [-0.1, -0.05) is 12.1 Å². The Kier molecular flexibility index (Phi) is 5.38. The maximum absolute atomic E-state index is 5.39. The van der Waals surface area contributed by atoms with Gasteiger partial charge in [-0.25, -0.2) is 0 Å². The molecule has 5 heteroatoms. The molecule has 0 unspecified atom stereocenters. The number of rotatable bonds is 4. The molecule has 3 nitrogen and oxygen atoms in total. The Balaban J connectivity index is 1.96. The highest BCUT2D eigenvalue weighted by Crippen LogP contribution is 2.22. The molecule has 2 aromatic rings. The highest BCUT2D eigenvalue weighted by Gasteiger charge is 2.02. The van der Waals surface area contributed by atoms with Crippen molar-refractivity contribution < 1.29 is 4.74 Å². The van der Waals surface area contributed by atoms with Crippen molar-refractivity contribution in [3.05, 3.63) is 53.0 Å². The third kappa shape index (κ3) is 4.21. The standard InChI is InChI=1S/C15H15BrN2OS/c1-2-19-12-9-7-11(8-10-12)17-15(20)18-14-6-4-3-5-13(14)16/h3-10H,2H2,1H3,(H2,17,18,20). The summed E-state index contributed by atoms with van der Waals surface area (Å²) in [6, 6.07) is 15.5. The lowest BCUT2D eigenvalue weighted by Gasteiger charge is -2.12. The fourth-order valence-electron chi connectivity index (χ4n) is 1.65. The quantitative estimate of drug-likeness (QED) is 0.785. The summed E-state index contributed by atoms with van der Waals surface area (Å²) in [5.74, 6) is 0.850. The van der Waals surface area contributed by atoms with Crippen LogP contribution >= 0.6 is 28.1 Å². The van der Waals surface area contributed by atoms with Gasteiger partial charge in [-0.2, -0.15) is 0 Å². The molecule has 0 aliphatic rings. The second-order valence-electron chi connectivity index (χ2n) is 4.02. The van der Waals surface area contributed by atoms with Crippen LogP contribution in [0.5, 0.6) is 5.75 Å². The van der Waals surface area contributed by atoms with Crippen molar-refractivity contribution in [2.24, 2.45) is 0 Å². The molecule has 0 fully saturated rings. The first-order chi connectivity index (χ1) is 9.69. The lowest BCUT2D eigenvalue weighted by molar-refractivity contribution is 0.340. The van der Waals surface area contributed by atoms with E-state index >= 15 is 0 Å². The SMILES string of the molecule is CCOc1ccc(NC(=S)Nc2ccccc2Br)cc1. The first-order valence-corrected chi connectivity index (χ1v) is 7.44. The molecule has 0 spiro atoms. The molecule has 2 rings (SSSR count). The molecular weight excluding hydrogens is 336 g/mol. The molecule has 0 saturated heterocycles. The van der Waals surface area contributed by atoms with E-state index in [1.807, 2.05) is 55.5 Å². The molecule has 0 radical (unpaired) electrons. The van der Waals surface area contributed by atoms with Gasteiger partial charge in [0.25, 0.3) is 0 Å². The summed E-state index contributed by atoms with van der Waals surface area (Å²) in [4.78, 5) is 0. The predicted molar refractivity (Wildman–Crippen MR) is 91.6 cm³/mol. The van der Waals surface area contributed by atoms with E-state index in [2.05, 4.69) is 26.6 Å². The summed E-state index contributed by atoms with van der Waals surface area (Å²) in [6.07, 6.45) is 0. The van der Waals surface area contributed by atoms with E-state index in [1.54, 1.807) is 0 Å². The van der Waals surface area contributed by atoms with E-state index in [1.165, 1.54) is 0 Å². The predicted octanol–water partition coefficient (Wildman–Crippen LogP) is 4.66. The summed E-state index contributed by atoms with van der Waals surface area (Å²) in [5.41, 5.74) is 1.84. The van der Waals surface area contributed by atoms with Crippen molar-refractivity contribution in [2.45, 2.75) is 6.92 Å². The van der Waals surface area contributed by atoms with Crippen molar-refractivity contribution in [1.82, 2.24) is 0 Å². The number of halogens is 1. The molecule has 0 atom stereocenters. The molecular formula is C15H15BrN2OS. The molecule has 0 aromatic heterocycles. The highest BCUT2D eigenvalue weighted by atomic mass is 79.9. The van der Waals surface area contributed by atoms with Crippen molar-refractivity contribution >= 4 is 44.6 Å². The van der Waals surface area contributed by atoms with Gasteiger partial charge in [-0.3, -0.25) is 0 Å². The first-order valence-electron chi connectivity index (χ1n) is 6.24. The average molecular weight is 351 g/mol. The molecule has 2 N–H and O–H groups in total. The Hall–Kier alpha value is -1.59. The molecule has 0 saturated carbocycles. The van der Waals surface area contributed by atoms with E-state index in [9.17, 15) is 0 Å². The number of hydrogen-bond acceptors (Lipinski definition) is 2. The van der Waals surface area contributed by atoms with Crippen molar-refractivity contribution in [3.8, 4) is 5.75 Å². The molecule has 2 aromatic carbocycles. The van der Waals surface area contributed by atoms with Crippen LogP contribution in [0.15, 0.2) is 53.0 Å². The fraction of sp³-hybridized carbons (Fsp3) is 0.133. The second kappa shape index (κ2) is 7.26. The number of anilines is 2. The topological polar surface area (TPSA) is 33.3 Å². The Labute approximate surface area is 132 Å². The van der Waals surface area contributed by atoms with E-state index < -0.39 is 0 Å². The van der Waals surface area contributed by atoms with Gasteiger partial charge in [-0.15, -0.1) is 0 Å². The molecule has 0 aliphatic carbocycles. The van der Waals surface area contributed by atoms with Crippen LogP contribution < -0.4 is 15.4 Å². The average Bonchev–Trinajstić information content (AvgIpc) is 2.44. The summed E-state index contributed by atoms with van der Waals surface area (Å²) < 4.78 is 6.36. The lowest BCUT2D eigenvalue weighted by Crippen LogP contribution is -2.19. The summed E-state index contributed by atoms with van der Waals surface area (Å²) in [7, 11) is 0. The third-order valence-electron chi connectivity index (χ3n) is 2.55. The van der Waals surface area contributed by atoms with Gasteiger partial charge >= 0.3 is 0 Å². The summed E-state index contributed by atoms with van der Waals surface area (Å²) >= 11 is 8.76. The molecule has 20 heavy (non-hydrogen) atoms. The fourth-order valence-corrected chi connectivity index (χ4v) is 2.26. The maximum atomic E-state index is 5.39. The lowest BCUT2D eigenvalue weighted by atomic mass is 10.3. The van der Waals surface area contributed by atoms with Gasteiger partial charge in [0.15, 0.2) is 5.11 Å². The zero-order valence-corrected chi connectivity index (χ0v) is 13.4. The second-order valence-corrected chi connectivity index (χ2v) is 5.28. The Morgan fingerprint density at radius 2 is 1.80 bits per heavy atom. The Bertz CT molecular complexity index is 587. The van der Waals surface area contributed by atoms with Crippen molar-refractivity contribution in [3.63, 3.8) is 0 Å². The number of para-hydroxylation sites is 1. The number of ether oxygens (including phenoxy) is 1. The normalized spacial score (nSPS) is 9.90. The van der Waals surface area contributed by atoms with Crippen LogP contribution in [0.3, 0.4) is 0 Å². The van der Waals surface area contributed by atoms with Gasteiger partial charge in [0.2, 0.25) is 0 Å². The van der Waals surface area contributed by atoms with Crippen LogP contribution in [0.4, 0.5) is 11.4 Å². The number of hydrogen-bond donors (Lipinski definition) is 2. The van der Waals surface area contributed by atoms with Gasteiger partial charge in [0.05, 0.1) is 12.3 Å². The van der Waals surface area contributed by atoms with Gasteiger partial charge in [0, 0.05) is 10.2 Å². The summed E-state index contributed by atoms with van der Waals surface area (Å²) in [5, 5.41) is 6.81. The minimum Gasteiger partial charge on any atom is -0.494 e. The van der Waals surface area contributed by atoms with E-state index in [-0.39, 0.29) is 0 Å². The molecule has 0 heterocycles. The van der Waals surface area contributed by atoms with Gasteiger partial charge < -0.3 is 15.4 Å². The maximum Gasteiger partial charge on any atom is 0.175 e. The number of thiocarbonyl (C=S) groups is 1. The zero-order valence-electron chi connectivity index (χ0n) is 11.0. The van der Waals surface area contributed by atoms with Gasteiger partial charge in [0.1, 0.15) is 5.75 Å². The van der Waals surface area contributed by atoms with E-state index in [0.29, 0.717) is 11.7 Å². The molecule has 0 amide bonds. The largest absolute Gasteiger partial charge is 0.494 e. The van der Waals surface area contributed by atoms with Crippen molar-refractivity contribution in [1.29, 1.82) is 0 Å². The van der Waals surface area contributed by atoms with Crippen LogP contribution in [0.1, 0.15) is 6.92 Å². The molecule has 0 aliphatic heterocycles. The van der Waals surface area contributed by atoms with Crippen LogP contribution in [-0.4, -0.2) is 11.7 Å². The highest BCUT2D eigenvalue weighted by molar-refractivity contribution is 9.10. The summed E-state index contributed by atoms with van der Waals surface area (Å²) in [6.45, 7) is 2.62. The Morgan fingerprint density at radius 1 is 1.10 bits per heavy atom. The Morgan fingerprint density at radius 3 is 2.45 bits per heavy atom. The van der Waals surface area contributed by atoms with Gasteiger partial charge in [-0.05, 0) is 71.5 Å². The first kappa shape index (κ1) is 14.8. The van der Waals surface area contributed by atoms with E-state index in [0.717, 1.165) is 21.6 Å². The van der Waals surface area contributed by atoms with Crippen LogP contribution in [0, 0.1) is 0 Å². The minimum atomic E-state index is 0.543. The molecule has 0 bridgehead atoms. The zero-order chi connectivity index (χ0) is 14.4. The number of benzene rings is 2. The monoisotopic (exact) mass is 350 g/mol. The third-order valence-corrected chi connectivity index (χ3v) is 3.44. The minimum absolute atomic E-state index is 0.543. The number of nitrogens with one attached hydrogen (secondary N) is 2. The van der Waals surface area contributed by atoms with Crippen LogP contribution in [0.2, 0.25) is 0 Å². The van der Waals surface area contributed by atoms with Crippen LogP contribution in [0.25, 0.3) is 0 Å². The van der Waals surface area contributed by atoms with Crippen molar-refractivity contribution in [2.75, 3.05) is 17.2 Å². The van der Waals surface area contributed by atoms with E-state index in [4.69, 9.17) is 17.0 Å².